The highest BCUT2D eigenvalue weighted by molar-refractivity contribution is 7.89. The molecule has 0 aliphatic carbocycles. The monoisotopic (exact) mass is 494 g/mol. The molecular weight excluding hydrogens is 468 g/mol. The Balaban J connectivity index is 1.52. The second-order valence-electron chi connectivity index (χ2n) is 8.30. The molecule has 35 heavy (non-hydrogen) atoms. The van der Waals surface area contributed by atoms with E-state index in [1.165, 1.54) is 16.8 Å². The van der Waals surface area contributed by atoms with Crippen molar-refractivity contribution in [1.29, 1.82) is 0 Å². The number of nitrogens with one attached hydrogen (secondary N) is 1. The molecule has 2 aromatic heterocycles. The smallest absolute Gasteiger partial charge is 0.278 e. The molecular formula is C24H26N6O4S. The van der Waals surface area contributed by atoms with Gasteiger partial charge in [-0.05, 0) is 57.0 Å². The molecule has 2 heterocycles. The summed E-state index contributed by atoms with van der Waals surface area (Å²) in [6, 6.07) is 14.8. The number of hydrogen-bond acceptors (Lipinski definition) is 6. The Hall–Kier alpha value is -3.83. The van der Waals surface area contributed by atoms with Crippen LogP contribution in [0, 0.1) is 13.8 Å². The number of nitrogens with two attached hydrogens (primary N) is 1. The summed E-state index contributed by atoms with van der Waals surface area (Å²) in [6.45, 7) is 5.50. The van der Waals surface area contributed by atoms with Gasteiger partial charge in [-0.15, -0.1) is 0 Å². The van der Waals surface area contributed by atoms with Crippen molar-refractivity contribution in [3.63, 3.8) is 0 Å². The van der Waals surface area contributed by atoms with Gasteiger partial charge in [0.1, 0.15) is 11.6 Å². The number of fused-ring (bicyclic) bond motifs is 1. The zero-order chi connectivity index (χ0) is 25.3. The molecule has 0 fully saturated rings. The molecule has 11 heteroatoms. The van der Waals surface area contributed by atoms with Crippen LogP contribution in [0.1, 0.15) is 29.9 Å². The minimum atomic E-state index is -3.75. The second-order valence-corrected chi connectivity index (χ2v) is 9.86. The van der Waals surface area contributed by atoms with E-state index in [4.69, 9.17) is 5.14 Å². The normalized spacial score (nSPS) is 12.6. The molecule has 0 aliphatic heterocycles. The van der Waals surface area contributed by atoms with Crippen molar-refractivity contribution in [1.82, 2.24) is 24.9 Å². The lowest BCUT2D eigenvalue weighted by Gasteiger charge is -2.15. The third-order valence-corrected chi connectivity index (χ3v) is 6.78. The highest BCUT2D eigenvalue weighted by Gasteiger charge is 2.23. The van der Waals surface area contributed by atoms with Gasteiger partial charge >= 0.3 is 0 Å². The molecule has 0 saturated carbocycles. The number of primary sulfonamides is 1. The van der Waals surface area contributed by atoms with Gasteiger partial charge in [0.15, 0.2) is 0 Å². The zero-order valence-corrected chi connectivity index (χ0v) is 20.4. The van der Waals surface area contributed by atoms with Crippen molar-refractivity contribution in [3.8, 4) is 5.69 Å². The van der Waals surface area contributed by atoms with Crippen LogP contribution in [-0.4, -0.2) is 40.4 Å². The molecule has 0 unspecified atom stereocenters. The number of aryl methyl sites for hydroxylation is 2. The fourth-order valence-corrected chi connectivity index (χ4v) is 4.41. The third kappa shape index (κ3) is 4.86. The Morgan fingerprint density at radius 1 is 1.06 bits per heavy atom. The van der Waals surface area contributed by atoms with Gasteiger partial charge in [-0.1, -0.05) is 30.3 Å². The molecule has 0 radical (unpaired) electrons. The Morgan fingerprint density at radius 2 is 1.71 bits per heavy atom. The summed E-state index contributed by atoms with van der Waals surface area (Å²) < 4.78 is 25.6. The summed E-state index contributed by atoms with van der Waals surface area (Å²) in [4.78, 5) is 26.1. The second kappa shape index (κ2) is 9.43. The van der Waals surface area contributed by atoms with E-state index < -0.39 is 16.1 Å². The first-order chi connectivity index (χ1) is 16.6. The Bertz CT molecular complexity index is 1560. The maximum Gasteiger partial charge on any atom is 0.278 e. The molecule has 0 spiro atoms. The van der Waals surface area contributed by atoms with Gasteiger partial charge in [-0.2, -0.15) is 10.2 Å². The van der Waals surface area contributed by atoms with Crippen molar-refractivity contribution in [2.75, 3.05) is 6.54 Å². The van der Waals surface area contributed by atoms with E-state index in [1.807, 2.05) is 37.3 Å². The van der Waals surface area contributed by atoms with E-state index >= 15 is 0 Å². The number of carbonyl (C=O) groups is 1. The zero-order valence-electron chi connectivity index (χ0n) is 19.6. The molecule has 3 N–H and O–H groups in total. The lowest BCUT2D eigenvalue weighted by molar-refractivity contribution is -0.124. The standard InChI is InChI=1S/C24H26N6O4S/c1-15-22-21(16(2)29(28-22)19-7-5-4-6-8-19)24(32)30(27-15)17(3)23(31)26-14-13-18-9-11-20(12-10-18)35(25,33)34/h4-12,17H,13-14H2,1-3H3,(H,26,31)(H2,25,33,34)/t17-/m1/s1. The van der Waals surface area contributed by atoms with Crippen molar-refractivity contribution in [2.24, 2.45) is 5.14 Å². The number of aromatic nitrogens is 4. The van der Waals surface area contributed by atoms with Crippen molar-refractivity contribution in [3.05, 3.63) is 81.9 Å². The highest BCUT2D eigenvalue weighted by atomic mass is 32.2. The molecule has 4 rings (SSSR count). The first kappa shape index (κ1) is 24.3. The van der Waals surface area contributed by atoms with E-state index in [9.17, 15) is 18.0 Å². The molecule has 1 amide bonds. The first-order valence-corrected chi connectivity index (χ1v) is 12.6. The van der Waals surface area contributed by atoms with Crippen LogP contribution in [0.5, 0.6) is 0 Å². The van der Waals surface area contributed by atoms with Crippen LogP contribution >= 0.6 is 0 Å². The van der Waals surface area contributed by atoms with Crippen LogP contribution in [0.15, 0.2) is 64.3 Å². The van der Waals surface area contributed by atoms with Crippen molar-refractivity contribution >= 4 is 26.8 Å². The number of carbonyl (C=O) groups excluding carboxylic acids is 1. The van der Waals surface area contributed by atoms with E-state index in [1.54, 1.807) is 30.7 Å². The van der Waals surface area contributed by atoms with Gasteiger partial charge in [0.05, 0.1) is 27.4 Å². The van der Waals surface area contributed by atoms with E-state index in [0.717, 1.165) is 11.3 Å². The van der Waals surface area contributed by atoms with E-state index in [2.05, 4.69) is 15.5 Å². The summed E-state index contributed by atoms with van der Waals surface area (Å²) in [5.41, 5.74) is 3.00. The number of rotatable bonds is 7. The molecule has 2 aromatic carbocycles. The molecule has 0 aliphatic rings. The van der Waals surface area contributed by atoms with E-state index in [-0.39, 0.29) is 16.4 Å². The summed E-state index contributed by atoms with van der Waals surface area (Å²) in [5.74, 6) is -0.354. The minimum absolute atomic E-state index is 0.0287. The van der Waals surface area contributed by atoms with Crippen molar-refractivity contribution < 1.29 is 13.2 Å². The fourth-order valence-electron chi connectivity index (χ4n) is 3.90. The van der Waals surface area contributed by atoms with Crippen LogP contribution < -0.4 is 16.0 Å². The predicted octanol–water partition coefficient (Wildman–Crippen LogP) is 1.77. The van der Waals surface area contributed by atoms with Gasteiger partial charge in [-0.3, -0.25) is 9.59 Å². The number of para-hydroxylation sites is 1. The number of hydrogen-bond donors (Lipinski definition) is 2. The van der Waals surface area contributed by atoms with Crippen molar-refractivity contribution in [2.45, 2.75) is 38.1 Å². The summed E-state index contributed by atoms with van der Waals surface area (Å²) in [7, 11) is -3.75. The quantitative estimate of drug-likeness (QED) is 0.401. The lowest BCUT2D eigenvalue weighted by Crippen LogP contribution is -2.38. The third-order valence-electron chi connectivity index (χ3n) is 5.85. The molecule has 0 saturated heterocycles. The largest absolute Gasteiger partial charge is 0.354 e. The summed E-state index contributed by atoms with van der Waals surface area (Å²) in [5, 5.41) is 17.3. The maximum absolute atomic E-state index is 13.3. The van der Waals surface area contributed by atoms with Gasteiger partial charge < -0.3 is 5.32 Å². The molecule has 182 valence electrons. The Morgan fingerprint density at radius 3 is 2.34 bits per heavy atom. The van der Waals surface area contributed by atoms with Gasteiger partial charge in [0.25, 0.3) is 5.56 Å². The Kier molecular flexibility index (Phi) is 6.55. The van der Waals surface area contributed by atoms with Crippen LogP contribution in [-0.2, 0) is 21.2 Å². The SMILES string of the molecule is Cc1nn([C@H](C)C(=O)NCCc2ccc(S(N)(=O)=O)cc2)c(=O)c2c(C)n(-c3ccccc3)nc12. The lowest BCUT2D eigenvalue weighted by atomic mass is 10.1. The number of benzene rings is 2. The number of sulfonamides is 1. The maximum atomic E-state index is 13.3. The summed E-state index contributed by atoms with van der Waals surface area (Å²) >= 11 is 0. The van der Waals surface area contributed by atoms with Crippen LogP contribution in [0.25, 0.3) is 16.6 Å². The molecule has 4 aromatic rings. The average molecular weight is 495 g/mol. The minimum Gasteiger partial charge on any atom is -0.354 e. The van der Waals surface area contributed by atoms with Crippen LogP contribution in [0.4, 0.5) is 0 Å². The fraction of sp³-hybridized carbons (Fsp3) is 0.250. The topological polar surface area (TPSA) is 142 Å². The molecule has 0 bridgehead atoms. The van der Waals surface area contributed by atoms with Crippen LogP contribution in [0.2, 0.25) is 0 Å². The van der Waals surface area contributed by atoms with Gasteiger partial charge in [0.2, 0.25) is 15.9 Å². The highest BCUT2D eigenvalue weighted by Crippen LogP contribution is 2.20. The molecule has 1 atom stereocenters. The Labute approximate surface area is 202 Å². The first-order valence-electron chi connectivity index (χ1n) is 11.0. The van der Waals surface area contributed by atoms with E-state index in [0.29, 0.717) is 35.3 Å². The molecule has 10 nitrogen and oxygen atoms in total. The average Bonchev–Trinajstić information content (AvgIpc) is 3.19. The summed E-state index contributed by atoms with van der Waals surface area (Å²) in [6.07, 6.45) is 0.479. The predicted molar refractivity (Wildman–Crippen MR) is 132 cm³/mol. The van der Waals surface area contributed by atoms with Gasteiger partial charge in [-0.25, -0.2) is 22.9 Å². The van der Waals surface area contributed by atoms with Crippen LogP contribution in [0.3, 0.4) is 0 Å². The number of nitrogens with zero attached hydrogens (tertiary/aromatic N) is 4. The van der Waals surface area contributed by atoms with Gasteiger partial charge in [0, 0.05) is 6.54 Å². The number of amides is 1.